The number of hydrogen-bond donors (Lipinski definition) is 1. The molecule has 4 heteroatoms. The van der Waals surface area contributed by atoms with Gasteiger partial charge in [0, 0.05) is 11.6 Å². The van der Waals surface area contributed by atoms with Crippen molar-refractivity contribution in [1.82, 2.24) is 4.90 Å². The Kier molecular flexibility index (Phi) is 3.49. The quantitative estimate of drug-likeness (QED) is 0.836. The van der Waals surface area contributed by atoms with Crippen molar-refractivity contribution in [2.45, 2.75) is 6.54 Å². The largest absolute Gasteiger partial charge is 0.478 e. The van der Waals surface area contributed by atoms with Gasteiger partial charge in [-0.2, -0.15) is 0 Å². The van der Waals surface area contributed by atoms with Crippen molar-refractivity contribution < 1.29 is 9.90 Å². The Balaban J connectivity index is 3.15. The van der Waals surface area contributed by atoms with Gasteiger partial charge in [0.1, 0.15) is 0 Å². The predicted octanol–water partition coefficient (Wildman–Crippen LogP) is 2.10. The number of nitrogens with zero attached hydrogens (tertiary/aromatic N) is 1. The van der Waals surface area contributed by atoms with E-state index in [1.807, 2.05) is 19.0 Å². The van der Waals surface area contributed by atoms with Crippen LogP contribution in [0.4, 0.5) is 0 Å². The molecular formula is C10H12ClNO2. The third kappa shape index (κ3) is 2.47. The molecule has 0 aliphatic rings. The van der Waals surface area contributed by atoms with Gasteiger partial charge in [0.05, 0.1) is 5.56 Å². The molecule has 1 aromatic rings. The van der Waals surface area contributed by atoms with Gasteiger partial charge in [0.25, 0.3) is 0 Å². The van der Waals surface area contributed by atoms with E-state index in [0.717, 1.165) is 0 Å². The molecule has 3 nitrogen and oxygen atoms in total. The maximum absolute atomic E-state index is 10.9. The fraction of sp³-hybridized carbons (Fsp3) is 0.300. The first kappa shape index (κ1) is 11.0. The van der Waals surface area contributed by atoms with E-state index < -0.39 is 5.97 Å². The summed E-state index contributed by atoms with van der Waals surface area (Å²) in [5.74, 6) is -0.940. The first-order chi connectivity index (χ1) is 6.52. The topological polar surface area (TPSA) is 40.5 Å². The lowest BCUT2D eigenvalue weighted by atomic mass is 10.1. The molecule has 0 aliphatic heterocycles. The summed E-state index contributed by atoms with van der Waals surface area (Å²) in [6, 6.07) is 4.91. The summed E-state index contributed by atoms with van der Waals surface area (Å²) >= 11 is 5.93. The number of benzene rings is 1. The Bertz CT molecular complexity index is 350. The number of carboxylic acid groups (broad SMARTS) is 1. The number of carboxylic acids is 1. The second-order valence-corrected chi connectivity index (χ2v) is 3.72. The maximum atomic E-state index is 10.9. The second kappa shape index (κ2) is 4.44. The van der Waals surface area contributed by atoms with E-state index in [0.29, 0.717) is 17.1 Å². The van der Waals surface area contributed by atoms with Crippen molar-refractivity contribution in [1.29, 1.82) is 0 Å². The fourth-order valence-corrected chi connectivity index (χ4v) is 1.47. The van der Waals surface area contributed by atoms with Crippen molar-refractivity contribution in [2.75, 3.05) is 14.1 Å². The molecule has 0 unspecified atom stereocenters. The molecule has 0 radical (unpaired) electrons. The van der Waals surface area contributed by atoms with E-state index >= 15 is 0 Å². The summed E-state index contributed by atoms with van der Waals surface area (Å²) in [6.07, 6.45) is 0. The van der Waals surface area contributed by atoms with Crippen molar-refractivity contribution >= 4 is 17.6 Å². The van der Waals surface area contributed by atoms with Crippen LogP contribution in [0.2, 0.25) is 5.02 Å². The van der Waals surface area contributed by atoms with Gasteiger partial charge in [0.15, 0.2) is 0 Å². The van der Waals surface area contributed by atoms with Crippen LogP contribution < -0.4 is 0 Å². The molecule has 1 rings (SSSR count). The summed E-state index contributed by atoms with van der Waals surface area (Å²) in [5, 5.41) is 9.42. The van der Waals surface area contributed by atoms with Gasteiger partial charge in [-0.15, -0.1) is 0 Å². The first-order valence-electron chi connectivity index (χ1n) is 4.17. The van der Waals surface area contributed by atoms with Crippen molar-refractivity contribution in [3.63, 3.8) is 0 Å². The summed E-state index contributed by atoms with van der Waals surface area (Å²) in [5.41, 5.74) is 0.929. The van der Waals surface area contributed by atoms with Crippen LogP contribution in [0.15, 0.2) is 18.2 Å². The van der Waals surface area contributed by atoms with Gasteiger partial charge < -0.3 is 10.0 Å². The number of carbonyl (C=O) groups is 1. The van der Waals surface area contributed by atoms with Crippen LogP contribution >= 0.6 is 11.6 Å². The van der Waals surface area contributed by atoms with Crippen LogP contribution in [-0.2, 0) is 6.54 Å². The van der Waals surface area contributed by atoms with Crippen LogP contribution in [0, 0.1) is 0 Å². The summed E-state index contributed by atoms with van der Waals surface area (Å²) < 4.78 is 0. The van der Waals surface area contributed by atoms with Crippen LogP contribution in [0.25, 0.3) is 0 Å². The Morgan fingerprint density at radius 1 is 1.50 bits per heavy atom. The molecule has 0 atom stereocenters. The lowest BCUT2D eigenvalue weighted by Gasteiger charge is -2.13. The highest BCUT2D eigenvalue weighted by Gasteiger charge is 2.12. The molecule has 0 aliphatic carbocycles. The highest BCUT2D eigenvalue weighted by atomic mass is 35.5. The lowest BCUT2D eigenvalue weighted by molar-refractivity contribution is 0.0695. The minimum absolute atomic E-state index is 0.270. The molecule has 0 saturated heterocycles. The molecule has 0 bridgehead atoms. The lowest BCUT2D eigenvalue weighted by Crippen LogP contribution is -2.14. The summed E-state index contributed by atoms with van der Waals surface area (Å²) in [4.78, 5) is 12.8. The molecule has 1 N–H and O–H groups in total. The average molecular weight is 214 g/mol. The summed E-state index contributed by atoms with van der Waals surface area (Å²) in [7, 11) is 3.74. The molecule has 0 spiro atoms. The fourth-order valence-electron chi connectivity index (χ4n) is 1.24. The van der Waals surface area contributed by atoms with Crippen LogP contribution in [-0.4, -0.2) is 30.1 Å². The Labute approximate surface area is 87.9 Å². The molecule has 76 valence electrons. The number of rotatable bonds is 3. The van der Waals surface area contributed by atoms with Gasteiger partial charge in [-0.25, -0.2) is 4.79 Å². The van der Waals surface area contributed by atoms with E-state index in [9.17, 15) is 4.79 Å². The van der Waals surface area contributed by atoms with Gasteiger partial charge in [0.2, 0.25) is 0 Å². The van der Waals surface area contributed by atoms with Crippen LogP contribution in [0.3, 0.4) is 0 Å². The van der Waals surface area contributed by atoms with E-state index in [-0.39, 0.29) is 5.56 Å². The Morgan fingerprint density at radius 3 is 2.64 bits per heavy atom. The van der Waals surface area contributed by atoms with E-state index in [1.54, 1.807) is 18.2 Å². The Hall–Kier alpha value is -1.06. The van der Waals surface area contributed by atoms with Crippen molar-refractivity contribution in [3.8, 4) is 0 Å². The molecule has 0 heterocycles. The number of aromatic carboxylic acids is 1. The SMILES string of the molecule is CN(C)Cc1c(Cl)cccc1C(=O)O. The van der Waals surface area contributed by atoms with E-state index in [2.05, 4.69) is 0 Å². The van der Waals surface area contributed by atoms with E-state index in [1.165, 1.54) is 0 Å². The normalized spacial score (nSPS) is 10.6. The zero-order chi connectivity index (χ0) is 10.7. The molecule has 0 amide bonds. The molecule has 1 aromatic carbocycles. The highest BCUT2D eigenvalue weighted by Crippen LogP contribution is 2.21. The zero-order valence-electron chi connectivity index (χ0n) is 8.12. The standard InChI is InChI=1S/C10H12ClNO2/c1-12(2)6-8-7(10(13)14)4-3-5-9(8)11/h3-5H,6H2,1-2H3,(H,13,14). The molecular weight excluding hydrogens is 202 g/mol. The van der Waals surface area contributed by atoms with Gasteiger partial charge >= 0.3 is 5.97 Å². The smallest absolute Gasteiger partial charge is 0.336 e. The third-order valence-corrected chi connectivity index (χ3v) is 2.18. The molecule has 0 fully saturated rings. The molecule has 0 aromatic heterocycles. The van der Waals surface area contributed by atoms with Gasteiger partial charge in [-0.3, -0.25) is 0 Å². The molecule has 14 heavy (non-hydrogen) atoms. The minimum Gasteiger partial charge on any atom is -0.478 e. The van der Waals surface area contributed by atoms with Gasteiger partial charge in [-0.1, -0.05) is 17.7 Å². The Morgan fingerprint density at radius 2 is 2.14 bits per heavy atom. The average Bonchev–Trinajstić information content (AvgIpc) is 2.07. The van der Waals surface area contributed by atoms with Crippen molar-refractivity contribution in [3.05, 3.63) is 34.3 Å². The van der Waals surface area contributed by atoms with Crippen molar-refractivity contribution in [2.24, 2.45) is 0 Å². The maximum Gasteiger partial charge on any atom is 0.336 e. The van der Waals surface area contributed by atoms with E-state index in [4.69, 9.17) is 16.7 Å². The van der Waals surface area contributed by atoms with Crippen LogP contribution in [0.5, 0.6) is 0 Å². The third-order valence-electron chi connectivity index (χ3n) is 1.82. The minimum atomic E-state index is -0.940. The predicted molar refractivity (Wildman–Crippen MR) is 55.8 cm³/mol. The number of hydrogen-bond acceptors (Lipinski definition) is 2. The highest BCUT2D eigenvalue weighted by molar-refractivity contribution is 6.31. The molecule has 0 saturated carbocycles. The zero-order valence-corrected chi connectivity index (χ0v) is 8.88. The number of halogens is 1. The van der Waals surface area contributed by atoms with Gasteiger partial charge in [-0.05, 0) is 31.8 Å². The monoisotopic (exact) mass is 213 g/mol. The summed E-state index contributed by atoms with van der Waals surface area (Å²) in [6.45, 7) is 0.529. The second-order valence-electron chi connectivity index (χ2n) is 3.31. The first-order valence-corrected chi connectivity index (χ1v) is 4.55. The van der Waals surface area contributed by atoms with Crippen LogP contribution in [0.1, 0.15) is 15.9 Å².